The number of hydrogen-bond donors (Lipinski definition) is 1. The first-order valence-electron chi connectivity index (χ1n) is 7.19. The summed E-state index contributed by atoms with van der Waals surface area (Å²) in [5, 5.41) is 2.59. The van der Waals surface area contributed by atoms with Gasteiger partial charge in [-0.25, -0.2) is 8.42 Å². The smallest absolute Gasteiger partial charge is 0.287 e. The topological polar surface area (TPSA) is 85.6 Å². The molecule has 0 saturated heterocycles. The number of terminal acetylenes is 1. The third-order valence-electron chi connectivity index (χ3n) is 3.04. The first kappa shape index (κ1) is 17.8. The molecule has 0 unspecified atom stereocenters. The highest BCUT2D eigenvalue weighted by Crippen LogP contribution is 2.18. The van der Waals surface area contributed by atoms with Gasteiger partial charge in [0.1, 0.15) is 18.1 Å². The highest BCUT2D eigenvalue weighted by Gasteiger charge is 2.19. The maximum Gasteiger partial charge on any atom is 0.287 e. The zero-order valence-corrected chi connectivity index (χ0v) is 13.7. The van der Waals surface area contributed by atoms with Crippen LogP contribution in [0.25, 0.3) is 0 Å². The van der Waals surface area contributed by atoms with E-state index in [4.69, 9.17) is 15.6 Å². The van der Waals surface area contributed by atoms with E-state index < -0.39 is 15.7 Å². The molecule has 0 bridgehead atoms. The van der Waals surface area contributed by atoms with E-state index in [0.717, 1.165) is 0 Å². The van der Waals surface area contributed by atoms with Crippen LogP contribution in [0.15, 0.2) is 51.8 Å². The molecule has 1 aromatic heterocycles. The maximum atomic E-state index is 12.3. The molecule has 0 spiro atoms. The van der Waals surface area contributed by atoms with Gasteiger partial charge < -0.3 is 14.5 Å². The number of rotatable bonds is 8. The van der Waals surface area contributed by atoms with Crippen LogP contribution in [0.4, 0.5) is 0 Å². The summed E-state index contributed by atoms with van der Waals surface area (Å²) >= 11 is 0. The summed E-state index contributed by atoms with van der Waals surface area (Å²) in [6.07, 6.45) is 5.03. The Kier molecular flexibility index (Phi) is 6.18. The quantitative estimate of drug-likeness (QED) is 0.579. The van der Waals surface area contributed by atoms with Gasteiger partial charge in [0, 0.05) is 6.54 Å². The lowest BCUT2D eigenvalue weighted by atomic mass is 10.4. The molecule has 6 nitrogen and oxygen atoms in total. The number of hydrogen-bond acceptors (Lipinski definition) is 5. The van der Waals surface area contributed by atoms with Crippen LogP contribution in [-0.4, -0.2) is 34.1 Å². The summed E-state index contributed by atoms with van der Waals surface area (Å²) in [5.41, 5.74) is 0. The van der Waals surface area contributed by atoms with Crippen LogP contribution in [0.2, 0.25) is 0 Å². The van der Waals surface area contributed by atoms with Crippen LogP contribution in [0.5, 0.6) is 0 Å². The van der Waals surface area contributed by atoms with E-state index in [1.807, 2.05) is 0 Å². The molecule has 2 rings (SSSR count). The Hall–Kier alpha value is -2.56. The van der Waals surface area contributed by atoms with Gasteiger partial charge in [-0.3, -0.25) is 4.79 Å². The summed E-state index contributed by atoms with van der Waals surface area (Å²) < 4.78 is 34.9. The fourth-order valence-electron chi connectivity index (χ4n) is 1.93. The molecule has 0 atom stereocenters. The average Bonchev–Trinajstić information content (AvgIpc) is 3.03. The average molecular weight is 347 g/mol. The molecular formula is C17H17NO5S. The third-order valence-corrected chi connectivity index (χ3v) is 4.69. The predicted molar refractivity (Wildman–Crippen MR) is 88.0 cm³/mol. The summed E-state index contributed by atoms with van der Waals surface area (Å²) in [7, 11) is -3.52. The second-order valence-electron chi connectivity index (χ2n) is 4.85. The van der Waals surface area contributed by atoms with Gasteiger partial charge in [0.2, 0.25) is 0 Å². The van der Waals surface area contributed by atoms with Crippen molar-refractivity contribution in [3.8, 4) is 12.3 Å². The molecule has 7 heteroatoms. The van der Waals surface area contributed by atoms with E-state index in [-0.39, 0.29) is 41.9 Å². The minimum absolute atomic E-state index is 0.0465. The fraction of sp³-hybridized carbons (Fsp3) is 0.235. The van der Waals surface area contributed by atoms with Crippen molar-refractivity contribution in [1.29, 1.82) is 0 Å². The molecule has 0 aliphatic rings. The first-order valence-corrected chi connectivity index (χ1v) is 8.84. The Labute approximate surface area is 140 Å². The zero-order valence-electron chi connectivity index (χ0n) is 12.9. The highest BCUT2D eigenvalue weighted by atomic mass is 32.2. The largest absolute Gasteiger partial charge is 0.455 e. The van der Waals surface area contributed by atoms with Gasteiger partial charge in [0.25, 0.3) is 5.91 Å². The predicted octanol–water partition coefficient (Wildman–Crippen LogP) is 1.63. The van der Waals surface area contributed by atoms with Crippen LogP contribution >= 0.6 is 0 Å². The van der Waals surface area contributed by atoms with Gasteiger partial charge in [-0.15, -0.1) is 6.42 Å². The van der Waals surface area contributed by atoms with Gasteiger partial charge in [-0.1, -0.05) is 24.1 Å². The number of furan rings is 1. The Morgan fingerprint density at radius 2 is 1.96 bits per heavy atom. The minimum Gasteiger partial charge on any atom is -0.455 e. The molecular weight excluding hydrogens is 330 g/mol. The number of carbonyl (C=O) groups excluding carboxylic acids is 1. The van der Waals surface area contributed by atoms with Crippen molar-refractivity contribution < 1.29 is 22.4 Å². The van der Waals surface area contributed by atoms with Crippen LogP contribution < -0.4 is 5.32 Å². The molecule has 0 aliphatic carbocycles. The van der Waals surface area contributed by atoms with Gasteiger partial charge in [0.15, 0.2) is 15.6 Å². The van der Waals surface area contributed by atoms with Gasteiger partial charge in [0.05, 0.1) is 11.5 Å². The summed E-state index contributed by atoms with van der Waals surface area (Å²) in [6.45, 7) is 0.739. The Morgan fingerprint density at radius 1 is 1.21 bits per heavy atom. The SMILES string of the molecule is C#CCOCCNC(=O)c1ccc(CS(=O)(=O)c2ccccc2)o1. The lowest BCUT2D eigenvalue weighted by Crippen LogP contribution is -2.26. The van der Waals surface area contributed by atoms with Crippen LogP contribution in [-0.2, 0) is 20.3 Å². The minimum atomic E-state index is -3.52. The zero-order chi connectivity index (χ0) is 17.4. The lowest BCUT2D eigenvalue weighted by Gasteiger charge is -2.03. The molecule has 1 aromatic carbocycles. The van der Waals surface area contributed by atoms with E-state index in [9.17, 15) is 13.2 Å². The highest BCUT2D eigenvalue weighted by molar-refractivity contribution is 7.90. The standard InChI is InChI=1S/C17H17NO5S/c1-2-11-22-12-10-18-17(19)16-9-8-14(23-16)13-24(20,21)15-6-4-3-5-7-15/h1,3-9H,10-13H2,(H,18,19). The van der Waals surface area contributed by atoms with Gasteiger partial charge in [-0.2, -0.15) is 0 Å². The van der Waals surface area contributed by atoms with Crippen LogP contribution in [0.1, 0.15) is 16.3 Å². The van der Waals surface area contributed by atoms with Crippen molar-refractivity contribution in [2.75, 3.05) is 19.8 Å². The van der Waals surface area contributed by atoms with E-state index in [1.165, 1.54) is 24.3 Å². The number of sulfone groups is 1. The van der Waals surface area contributed by atoms with E-state index in [0.29, 0.717) is 0 Å². The van der Waals surface area contributed by atoms with Crippen LogP contribution in [0, 0.1) is 12.3 Å². The van der Waals surface area contributed by atoms with Crippen molar-refractivity contribution >= 4 is 15.7 Å². The summed E-state index contributed by atoms with van der Waals surface area (Å²) in [4.78, 5) is 12.1. The van der Waals surface area contributed by atoms with Crippen molar-refractivity contribution in [2.24, 2.45) is 0 Å². The number of ether oxygens (including phenoxy) is 1. The molecule has 126 valence electrons. The second-order valence-corrected chi connectivity index (χ2v) is 6.84. The molecule has 24 heavy (non-hydrogen) atoms. The van der Waals surface area contributed by atoms with Crippen molar-refractivity contribution in [3.63, 3.8) is 0 Å². The van der Waals surface area contributed by atoms with Gasteiger partial charge in [-0.05, 0) is 24.3 Å². The number of carbonyl (C=O) groups is 1. The normalized spacial score (nSPS) is 11.0. The molecule has 2 aromatic rings. The molecule has 0 aliphatic heterocycles. The van der Waals surface area contributed by atoms with Crippen molar-refractivity contribution in [2.45, 2.75) is 10.6 Å². The number of nitrogens with one attached hydrogen (secondary N) is 1. The fourth-order valence-corrected chi connectivity index (χ4v) is 3.20. The first-order chi connectivity index (χ1) is 11.5. The number of benzene rings is 1. The van der Waals surface area contributed by atoms with E-state index >= 15 is 0 Å². The monoisotopic (exact) mass is 347 g/mol. The third kappa shape index (κ3) is 4.98. The lowest BCUT2D eigenvalue weighted by molar-refractivity contribution is 0.0901. The second kappa shape index (κ2) is 8.34. The van der Waals surface area contributed by atoms with E-state index in [1.54, 1.807) is 18.2 Å². The molecule has 0 fully saturated rings. The molecule has 0 radical (unpaired) electrons. The summed E-state index contributed by atoms with van der Waals surface area (Å²) in [5.74, 6) is 1.81. The van der Waals surface area contributed by atoms with Crippen LogP contribution in [0.3, 0.4) is 0 Å². The molecule has 1 heterocycles. The van der Waals surface area contributed by atoms with Crippen molar-refractivity contribution in [1.82, 2.24) is 5.32 Å². The Morgan fingerprint density at radius 3 is 2.67 bits per heavy atom. The van der Waals surface area contributed by atoms with Gasteiger partial charge >= 0.3 is 0 Å². The Balaban J connectivity index is 1.93. The summed E-state index contributed by atoms with van der Waals surface area (Å²) in [6, 6.07) is 11.0. The van der Waals surface area contributed by atoms with E-state index in [2.05, 4.69) is 11.2 Å². The molecule has 0 saturated carbocycles. The number of amides is 1. The molecule has 1 amide bonds. The Bertz CT molecular complexity index is 818. The molecule has 1 N–H and O–H groups in total. The van der Waals surface area contributed by atoms with Crippen molar-refractivity contribution in [3.05, 3.63) is 54.0 Å². The maximum absolute atomic E-state index is 12.3.